The smallest absolute Gasteiger partial charge is 0.348 e. The van der Waals surface area contributed by atoms with E-state index in [0.29, 0.717) is 5.02 Å². The van der Waals surface area contributed by atoms with Gasteiger partial charge in [-0.1, -0.05) is 17.7 Å². The molecule has 0 spiro atoms. The van der Waals surface area contributed by atoms with Gasteiger partial charge in [-0.15, -0.1) is 11.3 Å². The van der Waals surface area contributed by atoms with E-state index in [4.69, 9.17) is 21.1 Å². The number of carbonyl (C=O) groups is 4. The van der Waals surface area contributed by atoms with Crippen LogP contribution >= 0.6 is 22.9 Å². The van der Waals surface area contributed by atoms with E-state index in [-0.39, 0.29) is 33.0 Å². The molecule has 2 aromatic rings. The van der Waals surface area contributed by atoms with Crippen LogP contribution in [0, 0.1) is 0 Å². The molecule has 1 amide bonds. The number of thiophene rings is 1. The van der Waals surface area contributed by atoms with Crippen LogP contribution in [0.25, 0.3) is 0 Å². The minimum atomic E-state index is -0.827. The van der Waals surface area contributed by atoms with Gasteiger partial charge in [0.05, 0.1) is 33.3 Å². The molecule has 10 heteroatoms. The first-order valence-corrected chi connectivity index (χ1v) is 8.97. The maximum Gasteiger partial charge on any atom is 0.348 e. The molecule has 0 fully saturated rings. The van der Waals surface area contributed by atoms with Crippen LogP contribution in [0.1, 0.15) is 36.0 Å². The molecule has 148 valence electrons. The molecule has 1 N–H and O–H groups in total. The number of methoxy groups -OCH3 is 3. The highest BCUT2D eigenvalue weighted by Crippen LogP contribution is 2.35. The van der Waals surface area contributed by atoms with Crippen LogP contribution in [0.5, 0.6) is 0 Å². The Hall–Kier alpha value is -2.91. The average molecular weight is 426 g/mol. The highest BCUT2D eigenvalue weighted by Gasteiger charge is 2.30. The number of nitrogens with one attached hydrogen (secondary N) is 1. The fraction of sp³-hybridized carbons (Fsp3) is 0.222. The van der Waals surface area contributed by atoms with E-state index in [1.165, 1.54) is 19.2 Å². The molecule has 0 bridgehead atoms. The van der Waals surface area contributed by atoms with E-state index in [1.54, 1.807) is 12.1 Å². The molecule has 0 radical (unpaired) electrons. The maximum atomic E-state index is 12.5. The van der Waals surface area contributed by atoms with Crippen molar-refractivity contribution < 1.29 is 33.4 Å². The van der Waals surface area contributed by atoms with Crippen LogP contribution < -0.4 is 5.32 Å². The number of anilines is 1. The second-order valence-corrected chi connectivity index (χ2v) is 6.77. The normalized spacial score (nSPS) is 10.1. The van der Waals surface area contributed by atoms with Crippen LogP contribution in [0.3, 0.4) is 0 Å². The first kappa shape index (κ1) is 21.4. The van der Waals surface area contributed by atoms with Crippen molar-refractivity contribution in [3.05, 3.63) is 50.9 Å². The van der Waals surface area contributed by atoms with Gasteiger partial charge in [-0.25, -0.2) is 9.59 Å². The van der Waals surface area contributed by atoms with Gasteiger partial charge >= 0.3 is 17.9 Å². The quantitative estimate of drug-likeness (QED) is 0.559. The summed E-state index contributed by atoms with van der Waals surface area (Å²) in [6, 6.07) is 6.17. The molecule has 8 nitrogen and oxygen atoms in total. The molecule has 0 aliphatic heterocycles. The number of amides is 1. The lowest BCUT2D eigenvalue weighted by atomic mass is 10.1. The van der Waals surface area contributed by atoms with Gasteiger partial charge in [-0.2, -0.15) is 0 Å². The predicted octanol–water partition coefficient (Wildman–Crippen LogP) is 2.94. The number of carbonyl (C=O) groups excluding carboxylic acids is 4. The summed E-state index contributed by atoms with van der Waals surface area (Å²) in [5, 5.41) is 2.95. The number of benzene rings is 1. The molecule has 0 atom stereocenters. The Morgan fingerprint density at radius 3 is 2.29 bits per heavy atom. The summed E-state index contributed by atoms with van der Waals surface area (Å²) in [7, 11) is 3.47. The molecule has 0 aliphatic carbocycles. The highest BCUT2D eigenvalue weighted by atomic mass is 35.5. The largest absolute Gasteiger partial charge is 0.469 e. The van der Waals surface area contributed by atoms with Gasteiger partial charge in [-0.05, 0) is 18.2 Å². The molecule has 28 heavy (non-hydrogen) atoms. The Labute approximate surface area is 169 Å². The van der Waals surface area contributed by atoms with Crippen LogP contribution in [0.2, 0.25) is 5.02 Å². The minimum Gasteiger partial charge on any atom is -0.469 e. The molecule has 1 aromatic carbocycles. The first-order valence-electron chi connectivity index (χ1n) is 7.78. The molecular weight excluding hydrogens is 410 g/mol. The van der Waals surface area contributed by atoms with Gasteiger partial charge in [0.1, 0.15) is 9.88 Å². The number of ether oxygens (including phenoxy) is 3. The zero-order chi connectivity index (χ0) is 20.8. The fourth-order valence-corrected chi connectivity index (χ4v) is 3.63. The van der Waals surface area contributed by atoms with Gasteiger partial charge in [0.25, 0.3) is 5.91 Å². The van der Waals surface area contributed by atoms with Crippen molar-refractivity contribution in [1.82, 2.24) is 0 Å². The van der Waals surface area contributed by atoms with Crippen molar-refractivity contribution in [2.24, 2.45) is 0 Å². The van der Waals surface area contributed by atoms with E-state index in [1.807, 2.05) is 0 Å². The SMILES string of the molecule is COC(=O)Cc1c(C(=O)OC)sc(NC(=O)c2cccc(Cl)c2)c1C(=O)OC. The third kappa shape index (κ3) is 4.68. The number of esters is 3. The molecule has 0 saturated carbocycles. The summed E-state index contributed by atoms with van der Waals surface area (Å²) in [5.41, 5.74) is 0.177. The molecule has 0 unspecified atom stereocenters. The standard InChI is InChI=1S/C18H16ClNO7S/c1-25-12(21)8-11-13(17(23)26-2)16(28-14(11)18(24)27-3)20-15(22)9-5-4-6-10(19)7-9/h4-7H,8H2,1-3H3,(H,20,22). The van der Waals surface area contributed by atoms with E-state index < -0.39 is 23.8 Å². The summed E-state index contributed by atoms with van der Waals surface area (Å²) in [5.74, 6) is -2.83. The monoisotopic (exact) mass is 425 g/mol. The molecular formula is C18H16ClNO7S. The second-order valence-electron chi connectivity index (χ2n) is 5.31. The molecule has 2 rings (SSSR count). The summed E-state index contributed by atoms with van der Waals surface area (Å²) in [6.07, 6.45) is -0.380. The van der Waals surface area contributed by atoms with Crippen molar-refractivity contribution in [2.45, 2.75) is 6.42 Å². The lowest BCUT2D eigenvalue weighted by Gasteiger charge is -2.08. The van der Waals surface area contributed by atoms with Crippen LogP contribution in [-0.2, 0) is 25.4 Å². The van der Waals surface area contributed by atoms with Crippen molar-refractivity contribution in [2.75, 3.05) is 26.6 Å². The van der Waals surface area contributed by atoms with E-state index in [0.717, 1.165) is 25.6 Å². The Bertz CT molecular complexity index is 938. The molecule has 0 aliphatic rings. The highest BCUT2D eigenvalue weighted by molar-refractivity contribution is 7.18. The van der Waals surface area contributed by atoms with E-state index in [2.05, 4.69) is 10.1 Å². The number of rotatable bonds is 6. The van der Waals surface area contributed by atoms with Crippen LogP contribution in [-0.4, -0.2) is 45.1 Å². The number of halogens is 1. The third-order valence-corrected chi connectivity index (χ3v) is 4.99. The van der Waals surface area contributed by atoms with E-state index in [9.17, 15) is 19.2 Å². The lowest BCUT2D eigenvalue weighted by molar-refractivity contribution is -0.139. The lowest BCUT2D eigenvalue weighted by Crippen LogP contribution is -2.16. The Morgan fingerprint density at radius 1 is 1.04 bits per heavy atom. The Balaban J connectivity index is 2.55. The zero-order valence-corrected chi connectivity index (χ0v) is 16.7. The molecule has 1 heterocycles. The molecule has 0 saturated heterocycles. The Morgan fingerprint density at radius 2 is 1.71 bits per heavy atom. The third-order valence-electron chi connectivity index (χ3n) is 3.63. The van der Waals surface area contributed by atoms with Crippen LogP contribution in [0.15, 0.2) is 24.3 Å². The van der Waals surface area contributed by atoms with Crippen molar-refractivity contribution >= 4 is 51.8 Å². The first-order chi connectivity index (χ1) is 13.3. The van der Waals surface area contributed by atoms with Gasteiger partial charge < -0.3 is 19.5 Å². The summed E-state index contributed by atoms with van der Waals surface area (Å²) < 4.78 is 14.1. The fourth-order valence-electron chi connectivity index (χ4n) is 2.32. The van der Waals surface area contributed by atoms with Gasteiger partial charge in [0.15, 0.2) is 0 Å². The van der Waals surface area contributed by atoms with Crippen LogP contribution in [0.4, 0.5) is 5.00 Å². The number of hydrogen-bond acceptors (Lipinski definition) is 8. The average Bonchev–Trinajstić information content (AvgIpc) is 3.04. The van der Waals surface area contributed by atoms with Gasteiger partial charge in [-0.3, -0.25) is 9.59 Å². The van der Waals surface area contributed by atoms with Crippen molar-refractivity contribution in [3.63, 3.8) is 0 Å². The summed E-state index contributed by atoms with van der Waals surface area (Å²) >= 11 is 6.69. The molecule has 1 aromatic heterocycles. The maximum absolute atomic E-state index is 12.5. The Kier molecular flexibility index (Phi) is 7.13. The van der Waals surface area contributed by atoms with E-state index >= 15 is 0 Å². The number of hydrogen-bond donors (Lipinski definition) is 1. The van der Waals surface area contributed by atoms with Gasteiger partial charge in [0.2, 0.25) is 0 Å². The second kappa shape index (κ2) is 9.34. The zero-order valence-electron chi connectivity index (χ0n) is 15.2. The topological polar surface area (TPSA) is 108 Å². The summed E-state index contributed by atoms with van der Waals surface area (Å²) in [6.45, 7) is 0. The van der Waals surface area contributed by atoms with Crippen molar-refractivity contribution in [3.8, 4) is 0 Å². The predicted molar refractivity (Wildman–Crippen MR) is 102 cm³/mol. The van der Waals surface area contributed by atoms with Gasteiger partial charge in [0, 0.05) is 16.1 Å². The minimum absolute atomic E-state index is 0.0188. The summed E-state index contributed by atoms with van der Waals surface area (Å²) in [4.78, 5) is 48.8. The van der Waals surface area contributed by atoms with Crippen molar-refractivity contribution in [1.29, 1.82) is 0 Å².